The molecule has 138 valence electrons. The monoisotopic (exact) mass is 365 g/mol. The van der Waals surface area contributed by atoms with Crippen molar-refractivity contribution in [2.75, 3.05) is 11.9 Å². The molecule has 0 aliphatic carbocycles. The Morgan fingerprint density at radius 2 is 1.85 bits per heavy atom. The fourth-order valence-corrected chi connectivity index (χ4v) is 2.32. The molecular weight excluding hydrogens is 346 g/mol. The lowest BCUT2D eigenvalue weighted by Crippen LogP contribution is -2.16. The number of nitrogens with one attached hydrogen (secondary N) is 1. The number of ether oxygens (including phenoxy) is 1. The number of anilines is 1. The van der Waals surface area contributed by atoms with E-state index in [-0.39, 0.29) is 18.9 Å². The number of hydrogen-bond donors (Lipinski definition) is 3. The molecule has 0 unspecified atom stereocenters. The molecule has 4 N–H and O–H groups in total. The maximum absolute atomic E-state index is 10.8. The van der Waals surface area contributed by atoms with Crippen LogP contribution in [0.5, 0.6) is 11.6 Å². The summed E-state index contributed by atoms with van der Waals surface area (Å²) in [5.74, 6) is 1.06. The second kappa shape index (κ2) is 8.72. The molecule has 0 aliphatic heterocycles. The zero-order valence-corrected chi connectivity index (χ0v) is 14.5. The first-order valence-electron chi connectivity index (χ1n) is 8.32. The highest BCUT2D eigenvalue weighted by molar-refractivity contribution is 5.74. The summed E-state index contributed by atoms with van der Waals surface area (Å²) in [6.45, 7) is 0.301. The third-order valence-electron chi connectivity index (χ3n) is 3.69. The van der Waals surface area contributed by atoms with E-state index in [1.807, 2.05) is 30.3 Å². The van der Waals surface area contributed by atoms with Gasteiger partial charge in [-0.05, 0) is 23.8 Å². The van der Waals surface area contributed by atoms with Crippen molar-refractivity contribution in [3.05, 3.63) is 60.7 Å². The average molecular weight is 365 g/mol. The van der Waals surface area contributed by atoms with Crippen LogP contribution in [0.2, 0.25) is 0 Å². The summed E-state index contributed by atoms with van der Waals surface area (Å²) in [5, 5.41) is 12.0. The molecule has 0 fully saturated rings. The second-order valence-electron chi connectivity index (χ2n) is 5.71. The molecular formula is C19H19N5O3. The summed E-state index contributed by atoms with van der Waals surface area (Å²) in [6.07, 6.45) is 4.97. The van der Waals surface area contributed by atoms with Gasteiger partial charge in [0, 0.05) is 24.7 Å². The first-order valence-corrected chi connectivity index (χ1v) is 8.32. The zero-order valence-electron chi connectivity index (χ0n) is 14.5. The third-order valence-corrected chi connectivity index (χ3v) is 3.69. The van der Waals surface area contributed by atoms with Gasteiger partial charge in [-0.3, -0.25) is 14.8 Å². The van der Waals surface area contributed by atoms with Gasteiger partial charge in [0.05, 0.1) is 24.7 Å². The van der Waals surface area contributed by atoms with Crippen LogP contribution >= 0.6 is 0 Å². The van der Waals surface area contributed by atoms with E-state index in [4.69, 9.17) is 15.6 Å². The Morgan fingerprint density at radius 1 is 1.07 bits per heavy atom. The minimum absolute atomic E-state index is 0.0788. The Morgan fingerprint density at radius 3 is 2.52 bits per heavy atom. The lowest BCUT2D eigenvalue weighted by Gasteiger charge is -2.08. The highest BCUT2D eigenvalue weighted by atomic mass is 16.5. The van der Waals surface area contributed by atoms with Crippen molar-refractivity contribution in [1.82, 2.24) is 15.0 Å². The molecule has 3 aromatic rings. The number of carbonyl (C=O) groups excluding carboxylic acids is 1. The summed E-state index contributed by atoms with van der Waals surface area (Å²) in [5.41, 5.74) is 7.65. The Bertz CT molecular complexity index is 898. The van der Waals surface area contributed by atoms with Gasteiger partial charge in [0.15, 0.2) is 0 Å². The maximum Gasteiger partial charge on any atom is 0.239 e. The number of hydrogen-bond acceptors (Lipinski definition) is 7. The molecule has 2 aromatic heterocycles. The molecule has 0 spiro atoms. The van der Waals surface area contributed by atoms with Crippen molar-refractivity contribution in [2.45, 2.75) is 13.0 Å². The molecule has 0 aliphatic rings. The van der Waals surface area contributed by atoms with E-state index in [1.165, 1.54) is 6.20 Å². The minimum Gasteiger partial charge on any atom is -0.437 e. The first kappa shape index (κ1) is 18.3. The van der Waals surface area contributed by atoms with Crippen LogP contribution in [0.1, 0.15) is 12.1 Å². The number of aliphatic hydroxyl groups excluding tert-OH is 1. The Kier molecular flexibility index (Phi) is 5.91. The van der Waals surface area contributed by atoms with Gasteiger partial charge in [-0.25, -0.2) is 0 Å². The number of primary amides is 1. The number of benzene rings is 1. The lowest BCUT2D eigenvalue weighted by molar-refractivity contribution is -0.117. The minimum atomic E-state index is -0.385. The molecule has 0 saturated heterocycles. The van der Waals surface area contributed by atoms with Crippen molar-refractivity contribution in [3.8, 4) is 22.8 Å². The fourth-order valence-electron chi connectivity index (χ4n) is 2.32. The van der Waals surface area contributed by atoms with Crippen molar-refractivity contribution >= 4 is 11.7 Å². The van der Waals surface area contributed by atoms with Gasteiger partial charge in [-0.1, -0.05) is 18.2 Å². The van der Waals surface area contributed by atoms with E-state index in [0.717, 1.165) is 11.1 Å². The predicted molar refractivity (Wildman–Crippen MR) is 100 cm³/mol. The van der Waals surface area contributed by atoms with Gasteiger partial charge in [-0.15, -0.1) is 0 Å². The van der Waals surface area contributed by atoms with Crippen molar-refractivity contribution in [2.24, 2.45) is 5.73 Å². The van der Waals surface area contributed by atoms with E-state index < -0.39 is 0 Å². The molecule has 0 atom stereocenters. The lowest BCUT2D eigenvalue weighted by atomic mass is 10.1. The number of rotatable bonds is 8. The smallest absolute Gasteiger partial charge is 0.239 e. The number of nitrogens with two attached hydrogens (primary N) is 1. The van der Waals surface area contributed by atoms with E-state index in [0.29, 0.717) is 29.7 Å². The molecule has 0 radical (unpaired) electrons. The predicted octanol–water partition coefficient (Wildman–Crippen LogP) is 2.11. The molecule has 1 aromatic carbocycles. The van der Waals surface area contributed by atoms with Crippen molar-refractivity contribution in [3.63, 3.8) is 0 Å². The second-order valence-corrected chi connectivity index (χ2v) is 5.71. The van der Waals surface area contributed by atoms with Crippen LogP contribution in [0.4, 0.5) is 5.82 Å². The Labute approximate surface area is 156 Å². The number of amides is 1. The largest absolute Gasteiger partial charge is 0.437 e. The topological polar surface area (TPSA) is 123 Å². The summed E-state index contributed by atoms with van der Waals surface area (Å²) < 4.78 is 5.72. The third kappa shape index (κ3) is 5.23. The molecule has 3 rings (SSSR count). The van der Waals surface area contributed by atoms with Gasteiger partial charge in [-0.2, -0.15) is 4.98 Å². The summed E-state index contributed by atoms with van der Waals surface area (Å²) in [7, 11) is 0. The highest BCUT2D eigenvalue weighted by Crippen LogP contribution is 2.25. The SMILES string of the molecule is NC(=O)CCNc1cncc(Oc2ccc(-c3ccc(CO)nc3)cc2)n1. The molecule has 8 heteroatoms. The number of pyridine rings is 1. The number of aromatic nitrogens is 3. The van der Waals surface area contributed by atoms with E-state index in [1.54, 1.807) is 18.5 Å². The quantitative estimate of drug-likeness (QED) is 0.558. The number of nitrogens with zero attached hydrogens (tertiary/aromatic N) is 3. The zero-order chi connectivity index (χ0) is 19.1. The van der Waals surface area contributed by atoms with Crippen LogP contribution in [-0.2, 0) is 11.4 Å². The van der Waals surface area contributed by atoms with Gasteiger partial charge in [0.2, 0.25) is 11.8 Å². The molecule has 8 nitrogen and oxygen atoms in total. The molecule has 27 heavy (non-hydrogen) atoms. The van der Waals surface area contributed by atoms with Crippen LogP contribution in [0.25, 0.3) is 11.1 Å². The molecule has 0 saturated carbocycles. The van der Waals surface area contributed by atoms with Gasteiger partial charge in [0.25, 0.3) is 0 Å². The van der Waals surface area contributed by atoms with E-state index >= 15 is 0 Å². The van der Waals surface area contributed by atoms with Crippen LogP contribution in [-0.4, -0.2) is 32.5 Å². The summed E-state index contributed by atoms with van der Waals surface area (Å²) in [6, 6.07) is 11.2. The first-order chi connectivity index (χ1) is 13.1. The number of aliphatic hydroxyl groups is 1. The number of carbonyl (C=O) groups is 1. The highest BCUT2D eigenvalue weighted by Gasteiger charge is 2.04. The Hall–Kier alpha value is -3.52. The average Bonchev–Trinajstić information content (AvgIpc) is 2.69. The van der Waals surface area contributed by atoms with E-state index in [2.05, 4.69) is 20.3 Å². The van der Waals surface area contributed by atoms with E-state index in [9.17, 15) is 4.79 Å². The van der Waals surface area contributed by atoms with Gasteiger partial charge < -0.3 is 20.9 Å². The van der Waals surface area contributed by atoms with Gasteiger partial charge in [0.1, 0.15) is 11.6 Å². The molecule has 2 heterocycles. The van der Waals surface area contributed by atoms with Crippen LogP contribution < -0.4 is 15.8 Å². The van der Waals surface area contributed by atoms with Crippen molar-refractivity contribution < 1.29 is 14.6 Å². The Balaban J connectivity index is 1.64. The normalized spacial score (nSPS) is 10.4. The fraction of sp³-hybridized carbons (Fsp3) is 0.158. The summed E-state index contributed by atoms with van der Waals surface area (Å²) in [4.78, 5) is 23.3. The standard InChI is InChI=1S/C19H19N5O3/c20-17(26)7-8-22-18-10-21-11-19(24-18)27-16-5-2-13(3-6-16)14-1-4-15(12-25)23-9-14/h1-6,9-11,25H,7-8,12H2,(H2,20,26)(H,22,24). The molecule has 1 amide bonds. The van der Waals surface area contributed by atoms with Crippen LogP contribution in [0, 0.1) is 0 Å². The summed E-state index contributed by atoms with van der Waals surface area (Å²) >= 11 is 0. The maximum atomic E-state index is 10.8. The van der Waals surface area contributed by atoms with Crippen molar-refractivity contribution in [1.29, 1.82) is 0 Å². The van der Waals surface area contributed by atoms with Gasteiger partial charge >= 0.3 is 0 Å². The molecule has 0 bridgehead atoms. The van der Waals surface area contributed by atoms with Crippen LogP contribution in [0.3, 0.4) is 0 Å². The van der Waals surface area contributed by atoms with Crippen LogP contribution in [0.15, 0.2) is 55.0 Å².